The molecule has 6 rings (SSSR count). The molecule has 3 N–H and O–H groups in total. The Balaban J connectivity index is 1.48. The zero-order valence-electron chi connectivity index (χ0n) is 27.5. The van der Waals surface area contributed by atoms with Crippen LogP contribution in [-0.2, 0) is 0 Å². The number of rotatable bonds is 10. The summed E-state index contributed by atoms with van der Waals surface area (Å²) < 4.78 is 0. The predicted molar refractivity (Wildman–Crippen MR) is 204 cm³/mol. The van der Waals surface area contributed by atoms with Crippen molar-refractivity contribution in [3.63, 3.8) is 0 Å². The van der Waals surface area contributed by atoms with Crippen LogP contribution in [0, 0.1) is 12.5 Å². The Bertz CT molecular complexity index is 2040. The second-order valence-corrected chi connectivity index (χ2v) is 13.0. The number of hydrogen-bond acceptors (Lipinski definition) is 5. The maximum absolute atomic E-state index is 14.6. The van der Waals surface area contributed by atoms with Crippen molar-refractivity contribution in [1.82, 2.24) is 20.2 Å². The third-order valence-corrected chi connectivity index (χ3v) is 9.61. The number of carbonyl (C=O) groups excluding carboxylic acids is 1. The Morgan fingerprint density at radius 3 is 2.47 bits per heavy atom. The van der Waals surface area contributed by atoms with Crippen molar-refractivity contribution in [2.45, 2.75) is 38.8 Å². The minimum Gasteiger partial charge on any atom is -0.355 e. The number of allylic oxidation sites excluding steroid dienone is 1. The van der Waals surface area contributed by atoms with Gasteiger partial charge in [-0.25, -0.2) is 4.98 Å². The molecule has 2 aromatic heterocycles. The highest BCUT2D eigenvalue weighted by Crippen LogP contribution is 2.41. The Hall–Kier alpha value is -5.16. The molecule has 5 aromatic rings. The largest absolute Gasteiger partial charge is 0.355 e. The van der Waals surface area contributed by atoms with Crippen molar-refractivity contribution in [2.24, 2.45) is 0 Å². The van der Waals surface area contributed by atoms with Gasteiger partial charge in [-0.1, -0.05) is 84.7 Å². The van der Waals surface area contributed by atoms with Gasteiger partial charge in [0.2, 0.25) is 0 Å². The molecule has 3 aromatic carbocycles. The Kier molecular flexibility index (Phi) is 10.3. The molecule has 9 heteroatoms. The molecule has 1 fully saturated rings. The van der Waals surface area contributed by atoms with Crippen LogP contribution in [0.4, 0.5) is 11.5 Å². The van der Waals surface area contributed by atoms with Gasteiger partial charge in [-0.15, -0.1) is 0 Å². The molecule has 1 aliphatic rings. The highest BCUT2D eigenvalue weighted by atomic mass is 35.5. The lowest BCUT2D eigenvalue weighted by Crippen LogP contribution is -2.41. The van der Waals surface area contributed by atoms with Crippen molar-refractivity contribution in [3.8, 4) is 12.5 Å². The minimum absolute atomic E-state index is 0.159. The van der Waals surface area contributed by atoms with Crippen molar-refractivity contribution in [3.05, 3.63) is 136 Å². The molecule has 1 unspecified atom stereocenters. The van der Waals surface area contributed by atoms with Crippen LogP contribution >= 0.6 is 23.2 Å². The maximum Gasteiger partial charge on any atom is 0.272 e. The average Bonchev–Trinajstić information content (AvgIpc) is 3.49. The van der Waals surface area contributed by atoms with Crippen LogP contribution in [-0.4, -0.2) is 39.9 Å². The maximum atomic E-state index is 14.6. The van der Waals surface area contributed by atoms with Gasteiger partial charge in [0.1, 0.15) is 5.69 Å². The van der Waals surface area contributed by atoms with E-state index >= 15 is 0 Å². The number of nitrogens with zero attached hydrogens (tertiary/aromatic N) is 3. The van der Waals surface area contributed by atoms with Crippen molar-refractivity contribution in [1.29, 1.82) is 0 Å². The molecule has 1 saturated heterocycles. The number of aromatic amines is 1. The molecule has 0 radical (unpaired) electrons. The quantitative estimate of drug-likeness (QED) is 0.101. The second-order valence-electron chi connectivity index (χ2n) is 12.1. The summed E-state index contributed by atoms with van der Waals surface area (Å²) in [4.78, 5) is 27.0. The lowest BCUT2D eigenvalue weighted by molar-refractivity contribution is 0.102. The number of H-pyrrole nitrogens is 1. The van der Waals surface area contributed by atoms with Crippen molar-refractivity contribution in [2.75, 3.05) is 23.3 Å². The molecule has 7 nitrogen and oxygen atoms in total. The van der Waals surface area contributed by atoms with Crippen LogP contribution in [0.15, 0.2) is 104 Å². The van der Waals surface area contributed by atoms with E-state index in [2.05, 4.69) is 69.0 Å². The first-order valence-electron chi connectivity index (χ1n) is 16.3. The van der Waals surface area contributed by atoms with Gasteiger partial charge in [0.15, 0.2) is 5.82 Å². The van der Waals surface area contributed by atoms with Crippen molar-refractivity contribution < 1.29 is 4.79 Å². The fraction of sp³-hybridized carbons (Fsp3) is 0.200. The molecule has 0 spiro atoms. The van der Waals surface area contributed by atoms with E-state index in [9.17, 15) is 4.79 Å². The summed E-state index contributed by atoms with van der Waals surface area (Å²) >= 11 is 12.8. The topological polar surface area (TPSA) is 76.3 Å². The fourth-order valence-electron chi connectivity index (χ4n) is 6.55. The van der Waals surface area contributed by atoms with E-state index in [0.29, 0.717) is 21.4 Å². The fourth-order valence-corrected chi connectivity index (χ4v) is 6.85. The summed E-state index contributed by atoms with van der Waals surface area (Å²) in [6, 6.07) is 29.9. The van der Waals surface area contributed by atoms with Gasteiger partial charge in [-0.3, -0.25) is 4.79 Å². The number of benzene rings is 3. The first kappa shape index (κ1) is 33.7. The van der Waals surface area contributed by atoms with E-state index in [0.717, 1.165) is 70.6 Å². The van der Waals surface area contributed by atoms with E-state index in [4.69, 9.17) is 29.6 Å². The van der Waals surface area contributed by atoms with Gasteiger partial charge in [-0.2, -0.15) is 0 Å². The minimum atomic E-state index is -0.304. The van der Waals surface area contributed by atoms with Crippen LogP contribution in [0.25, 0.3) is 22.2 Å². The number of aromatic nitrogens is 2. The summed E-state index contributed by atoms with van der Waals surface area (Å²) in [7, 11) is 0. The molecule has 3 heterocycles. The number of hydrogen-bond donors (Lipinski definition) is 3. The summed E-state index contributed by atoms with van der Waals surface area (Å²) in [5, 5.41) is 8.36. The van der Waals surface area contributed by atoms with Crippen molar-refractivity contribution >= 4 is 62.8 Å². The van der Waals surface area contributed by atoms with E-state index < -0.39 is 0 Å². The van der Waals surface area contributed by atoms with E-state index in [1.54, 1.807) is 6.20 Å². The highest BCUT2D eigenvalue weighted by molar-refractivity contribution is 6.31. The molecule has 1 aliphatic heterocycles. The number of fused-ring (bicyclic) bond motifs is 1. The predicted octanol–water partition coefficient (Wildman–Crippen LogP) is 9.37. The normalized spacial score (nSPS) is 14.5. The molecule has 1 atom stereocenters. The lowest BCUT2D eigenvalue weighted by Gasteiger charge is -2.33. The van der Waals surface area contributed by atoms with Gasteiger partial charge in [-0.05, 0) is 86.0 Å². The van der Waals surface area contributed by atoms with Crippen LogP contribution < -0.4 is 15.5 Å². The third-order valence-electron chi connectivity index (χ3n) is 9.13. The number of carbonyl (C=O) groups is 1. The number of anilines is 2. The van der Waals surface area contributed by atoms with Gasteiger partial charge in [0, 0.05) is 57.9 Å². The summed E-state index contributed by atoms with van der Waals surface area (Å²) in [6.07, 6.45) is 10.8. The average molecular weight is 690 g/mol. The zero-order valence-corrected chi connectivity index (χ0v) is 29.0. The SMILES string of the molecule is C#CNC1CCN(c2ncccc2NC(=O)c2[nH]c3cc(Cl)ccc3c2/C(=C(/C)c2ccccc2)N(C=C)C(C)c2ccc(Cl)cc2)CC1. The molecule has 49 heavy (non-hydrogen) atoms. The number of piperidine rings is 1. The van der Waals surface area contributed by atoms with Crippen LogP contribution in [0.1, 0.15) is 59.9 Å². The molecule has 248 valence electrons. The third kappa shape index (κ3) is 7.17. The molecular formula is C40H38Cl2N6O. The van der Waals surface area contributed by atoms with E-state index in [1.807, 2.05) is 79.0 Å². The zero-order chi connectivity index (χ0) is 34.5. The van der Waals surface area contributed by atoms with Gasteiger partial charge in [0.25, 0.3) is 5.91 Å². The first-order chi connectivity index (χ1) is 23.8. The summed E-state index contributed by atoms with van der Waals surface area (Å²) in [5.41, 5.74) is 6.34. The number of halogens is 2. The first-order valence-corrected chi connectivity index (χ1v) is 17.0. The monoisotopic (exact) mass is 688 g/mol. The van der Waals surface area contributed by atoms with E-state index in [-0.39, 0.29) is 18.0 Å². The molecule has 0 aliphatic carbocycles. The molecular weight excluding hydrogens is 651 g/mol. The Morgan fingerprint density at radius 1 is 1.06 bits per heavy atom. The summed E-state index contributed by atoms with van der Waals surface area (Å²) in [5.74, 6) is 0.415. The van der Waals surface area contributed by atoms with Gasteiger partial charge >= 0.3 is 0 Å². The molecule has 0 bridgehead atoms. The molecule has 0 saturated carbocycles. The van der Waals surface area contributed by atoms with Gasteiger partial charge in [0.05, 0.1) is 17.4 Å². The van der Waals surface area contributed by atoms with Crippen LogP contribution in [0.3, 0.4) is 0 Å². The summed E-state index contributed by atoms with van der Waals surface area (Å²) in [6.45, 7) is 9.96. The number of nitrogens with one attached hydrogen (secondary N) is 3. The number of pyridine rings is 1. The smallest absolute Gasteiger partial charge is 0.272 e. The molecule has 1 amide bonds. The number of terminal acetylenes is 1. The Morgan fingerprint density at radius 2 is 1.78 bits per heavy atom. The number of amides is 1. The van der Waals surface area contributed by atoms with Gasteiger partial charge < -0.3 is 25.4 Å². The standard InChI is InChI=1S/C40H38Cl2N6O/c1-5-43-32-20-23-47(24-21-32)39-34(13-10-22-44-39)46-40(49)37-36(33-19-18-31(42)25-35(33)45-37)38(26(3)28-11-8-7-9-12-28)48(6-2)27(4)29-14-16-30(41)17-15-29/h1,6-19,22,25,27,32,43,45H,2,20-21,23-24H2,3-4H3,(H,46,49)/b38-26+. The Labute approximate surface area is 297 Å². The lowest BCUT2D eigenvalue weighted by atomic mass is 9.95. The second kappa shape index (κ2) is 14.9. The van der Waals surface area contributed by atoms with E-state index in [1.165, 1.54) is 0 Å². The van der Waals surface area contributed by atoms with Crippen LogP contribution in [0.5, 0.6) is 0 Å². The van der Waals surface area contributed by atoms with Crippen LogP contribution in [0.2, 0.25) is 10.0 Å². The highest BCUT2D eigenvalue weighted by Gasteiger charge is 2.29.